The topological polar surface area (TPSA) is 58.2 Å². The van der Waals surface area contributed by atoms with Crippen LogP contribution >= 0.6 is 11.6 Å². The molecule has 0 spiro atoms. The number of aryl methyl sites for hydroxylation is 1. The van der Waals surface area contributed by atoms with Crippen molar-refractivity contribution in [3.8, 4) is 0 Å². The van der Waals surface area contributed by atoms with Gasteiger partial charge in [-0.2, -0.15) is 0 Å². The average Bonchev–Trinajstić information content (AvgIpc) is 3.38. The molecular formula is C21H23ClN2O2. The van der Waals surface area contributed by atoms with Crippen LogP contribution in [0.5, 0.6) is 0 Å². The van der Waals surface area contributed by atoms with Crippen molar-refractivity contribution in [2.75, 3.05) is 5.32 Å². The summed E-state index contributed by atoms with van der Waals surface area (Å²) in [5.41, 5.74) is 2.49. The van der Waals surface area contributed by atoms with E-state index in [0.29, 0.717) is 16.3 Å². The van der Waals surface area contributed by atoms with Crippen molar-refractivity contribution in [1.29, 1.82) is 0 Å². The molecule has 2 N–H and O–H groups in total. The summed E-state index contributed by atoms with van der Waals surface area (Å²) in [6, 6.07) is 12.9. The number of hydrogen-bond donors (Lipinski definition) is 2. The van der Waals surface area contributed by atoms with Crippen molar-refractivity contribution in [3.05, 3.63) is 64.2 Å². The molecule has 0 heterocycles. The first-order chi connectivity index (χ1) is 12.3. The number of halogens is 1. The van der Waals surface area contributed by atoms with Gasteiger partial charge in [0.2, 0.25) is 5.91 Å². The fraction of sp³-hybridized carbons (Fsp3) is 0.333. The third kappa shape index (κ3) is 3.75. The lowest BCUT2D eigenvalue weighted by Gasteiger charge is -2.17. The summed E-state index contributed by atoms with van der Waals surface area (Å²) in [6.45, 7) is 5.72. The smallest absolute Gasteiger partial charge is 0.251 e. The largest absolute Gasteiger partial charge is 0.350 e. The number of anilines is 1. The number of amides is 2. The first-order valence-electron chi connectivity index (χ1n) is 8.81. The van der Waals surface area contributed by atoms with Gasteiger partial charge in [0.25, 0.3) is 5.91 Å². The second-order valence-corrected chi connectivity index (χ2v) is 7.64. The Morgan fingerprint density at radius 3 is 2.46 bits per heavy atom. The molecule has 2 aromatic rings. The Hall–Kier alpha value is -2.33. The Kier molecular flexibility index (Phi) is 5.05. The molecular weight excluding hydrogens is 348 g/mol. The van der Waals surface area contributed by atoms with Crippen molar-refractivity contribution in [2.24, 2.45) is 0 Å². The maximum atomic E-state index is 12.9. The minimum atomic E-state index is -0.518. The number of rotatable bonds is 5. The number of carbonyl (C=O) groups is 2. The number of carbonyl (C=O) groups excluding carboxylic acids is 2. The zero-order chi connectivity index (χ0) is 18.9. The molecule has 5 heteroatoms. The number of hydrogen-bond acceptors (Lipinski definition) is 2. The summed E-state index contributed by atoms with van der Waals surface area (Å²) >= 11 is 6.08. The standard InChI is InChI=1S/C21H23ClN2O2/c1-13(2)23-19(25)18-12-17(8-7-14(18)3)24-20(26)21(9-10-21)15-5-4-6-16(22)11-15/h4-8,11-13H,9-10H2,1-3H3,(H,23,25)(H,24,26). The molecule has 0 aliphatic heterocycles. The van der Waals surface area contributed by atoms with Crippen LogP contribution in [0.4, 0.5) is 5.69 Å². The van der Waals surface area contributed by atoms with Crippen LogP contribution in [0.3, 0.4) is 0 Å². The van der Waals surface area contributed by atoms with Crippen LogP contribution in [0, 0.1) is 6.92 Å². The zero-order valence-electron chi connectivity index (χ0n) is 15.2. The van der Waals surface area contributed by atoms with Gasteiger partial charge in [-0.05, 0) is 69.0 Å². The maximum Gasteiger partial charge on any atom is 0.251 e. The molecule has 0 unspecified atom stereocenters. The van der Waals surface area contributed by atoms with Crippen molar-refractivity contribution in [3.63, 3.8) is 0 Å². The van der Waals surface area contributed by atoms with E-state index in [1.54, 1.807) is 12.1 Å². The van der Waals surface area contributed by atoms with Crippen LogP contribution in [0.15, 0.2) is 42.5 Å². The van der Waals surface area contributed by atoms with Gasteiger partial charge in [-0.3, -0.25) is 9.59 Å². The minimum absolute atomic E-state index is 0.0534. The summed E-state index contributed by atoms with van der Waals surface area (Å²) in [4.78, 5) is 25.2. The zero-order valence-corrected chi connectivity index (χ0v) is 16.0. The van der Waals surface area contributed by atoms with E-state index in [1.807, 2.05) is 51.1 Å². The number of nitrogens with one attached hydrogen (secondary N) is 2. The van der Waals surface area contributed by atoms with Crippen LogP contribution in [0.25, 0.3) is 0 Å². The summed E-state index contributed by atoms with van der Waals surface area (Å²) in [6.07, 6.45) is 1.59. The molecule has 2 amide bonds. The van der Waals surface area contributed by atoms with Gasteiger partial charge in [0.15, 0.2) is 0 Å². The van der Waals surface area contributed by atoms with Crippen molar-refractivity contribution >= 4 is 29.1 Å². The molecule has 3 rings (SSSR count). The van der Waals surface area contributed by atoms with Gasteiger partial charge in [0.05, 0.1) is 5.41 Å². The van der Waals surface area contributed by atoms with E-state index in [-0.39, 0.29) is 17.9 Å². The van der Waals surface area contributed by atoms with Crippen LogP contribution < -0.4 is 10.6 Å². The quantitative estimate of drug-likeness (QED) is 0.816. The van der Waals surface area contributed by atoms with Crippen molar-refractivity contribution in [1.82, 2.24) is 5.32 Å². The van der Waals surface area contributed by atoms with E-state index in [1.165, 1.54) is 0 Å². The average molecular weight is 371 g/mol. The molecule has 0 saturated heterocycles. The van der Waals surface area contributed by atoms with Crippen molar-refractivity contribution < 1.29 is 9.59 Å². The Morgan fingerprint density at radius 1 is 1.12 bits per heavy atom. The monoisotopic (exact) mass is 370 g/mol. The Labute approximate surface area is 158 Å². The van der Waals surface area contributed by atoms with E-state index in [4.69, 9.17) is 11.6 Å². The molecule has 0 atom stereocenters. The van der Waals surface area contributed by atoms with E-state index < -0.39 is 5.41 Å². The molecule has 136 valence electrons. The molecule has 1 fully saturated rings. The van der Waals surface area contributed by atoms with E-state index >= 15 is 0 Å². The van der Waals surface area contributed by atoms with Crippen LogP contribution in [0.2, 0.25) is 5.02 Å². The number of benzene rings is 2. The molecule has 2 aromatic carbocycles. The second-order valence-electron chi connectivity index (χ2n) is 7.20. The highest BCUT2D eigenvalue weighted by Gasteiger charge is 2.51. The lowest BCUT2D eigenvalue weighted by atomic mass is 9.95. The first kappa shape index (κ1) is 18.5. The van der Waals surface area contributed by atoms with E-state index in [2.05, 4.69) is 10.6 Å². The molecule has 4 nitrogen and oxygen atoms in total. The van der Waals surface area contributed by atoms with Crippen LogP contribution in [-0.2, 0) is 10.2 Å². The Morgan fingerprint density at radius 2 is 1.85 bits per heavy atom. The molecule has 1 aliphatic rings. The lowest BCUT2D eigenvalue weighted by Crippen LogP contribution is -2.31. The van der Waals surface area contributed by atoms with E-state index in [9.17, 15) is 9.59 Å². The van der Waals surface area contributed by atoms with Gasteiger partial charge in [-0.1, -0.05) is 29.8 Å². The molecule has 26 heavy (non-hydrogen) atoms. The summed E-state index contributed by atoms with van der Waals surface area (Å²) < 4.78 is 0. The van der Waals surface area contributed by atoms with Crippen LogP contribution in [-0.4, -0.2) is 17.9 Å². The summed E-state index contributed by atoms with van der Waals surface area (Å²) in [5, 5.41) is 6.49. The minimum Gasteiger partial charge on any atom is -0.350 e. The third-order valence-corrected chi connectivity index (χ3v) is 4.96. The molecule has 1 saturated carbocycles. The van der Waals surface area contributed by atoms with Gasteiger partial charge < -0.3 is 10.6 Å². The third-order valence-electron chi connectivity index (χ3n) is 4.72. The summed E-state index contributed by atoms with van der Waals surface area (Å²) in [5.74, 6) is -0.191. The Bertz CT molecular complexity index is 857. The summed E-state index contributed by atoms with van der Waals surface area (Å²) in [7, 11) is 0. The fourth-order valence-electron chi connectivity index (χ4n) is 3.09. The predicted molar refractivity (Wildman–Crippen MR) is 105 cm³/mol. The fourth-order valence-corrected chi connectivity index (χ4v) is 3.28. The van der Waals surface area contributed by atoms with Crippen molar-refractivity contribution in [2.45, 2.75) is 45.1 Å². The molecule has 0 bridgehead atoms. The normalized spacial score (nSPS) is 14.8. The highest BCUT2D eigenvalue weighted by atomic mass is 35.5. The lowest BCUT2D eigenvalue weighted by molar-refractivity contribution is -0.118. The SMILES string of the molecule is Cc1ccc(NC(=O)C2(c3cccc(Cl)c3)CC2)cc1C(=O)NC(C)C. The van der Waals surface area contributed by atoms with E-state index in [0.717, 1.165) is 24.0 Å². The van der Waals surface area contributed by atoms with Gasteiger partial charge in [0.1, 0.15) is 0 Å². The predicted octanol–water partition coefficient (Wildman–Crippen LogP) is 4.46. The highest BCUT2D eigenvalue weighted by Crippen LogP contribution is 2.49. The van der Waals surface area contributed by atoms with Crippen LogP contribution in [0.1, 0.15) is 48.2 Å². The van der Waals surface area contributed by atoms with Gasteiger partial charge in [0, 0.05) is 22.3 Å². The second kappa shape index (κ2) is 7.12. The first-order valence-corrected chi connectivity index (χ1v) is 9.19. The molecule has 0 aromatic heterocycles. The van der Waals surface area contributed by atoms with Gasteiger partial charge in [-0.15, -0.1) is 0 Å². The van der Waals surface area contributed by atoms with Gasteiger partial charge >= 0.3 is 0 Å². The maximum absolute atomic E-state index is 12.9. The van der Waals surface area contributed by atoms with Gasteiger partial charge in [-0.25, -0.2) is 0 Å². The molecule has 1 aliphatic carbocycles. The highest BCUT2D eigenvalue weighted by molar-refractivity contribution is 6.30. The Balaban J connectivity index is 1.81. The molecule has 0 radical (unpaired) electrons.